The van der Waals surface area contributed by atoms with Crippen LogP contribution in [0.2, 0.25) is 5.02 Å². The predicted molar refractivity (Wildman–Crippen MR) is 63.9 cm³/mol. The highest BCUT2D eigenvalue weighted by Gasteiger charge is 2.11. The first kappa shape index (κ1) is 12.9. The number of carbonyl (C=O) groups excluding carboxylic acids is 1. The zero-order valence-electron chi connectivity index (χ0n) is 8.63. The molecular weight excluding hydrogens is 251 g/mol. The Hall–Kier alpha value is -1.19. The standard InChI is InChI=1S/C11H10Cl2O3/c1-7(12)6-16-11-9(13)3-8(5-14)4-10(11)15-2/h3-5H,1,6H2,2H3. The monoisotopic (exact) mass is 260 g/mol. The van der Waals surface area contributed by atoms with Crippen molar-refractivity contribution in [3.05, 3.63) is 34.3 Å². The number of halogens is 2. The van der Waals surface area contributed by atoms with Gasteiger partial charge in [-0.15, -0.1) is 0 Å². The summed E-state index contributed by atoms with van der Waals surface area (Å²) >= 11 is 11.5. The minimum Gasteiger partial charge on any atom is -0.493 e. The van der Waals surface area contributed by atoms with Crippen LogP contribution < -0.4 is 9.47 Å². The van der Waals surface area contributed by atoms with Gasteiger partial charge >= 0.3 is 0 Å². The molecule has 86 valence electrons. The number of ether oxygens (including phenoxy) is 2. The van der Waals surface area contributed by atoms with Crippen LogP contribution in [0, 0.1) is 0 Å². The fourth-order valence-corrected chi connectivity index (χ4v) is 1.43. The molecule has 0 N–H and O–H groups in total. The summed E-state index contributed by atoms with van der Waals surface area (Å²) in [5.74, 6) is 0.726. The van der Waals surface area contributed by atoms with Gasteiger partial charge in [0.25, 0.3) is 0 Å². The molecule has 0 radical (unpaired) electrons. The van der Waals surface area contributed by atoms with Crippen molar-refractivity contribution >= 4 is 29.5 Å². The summed E-state index contributed by atoms with van der Waals surface area (Å²) in [5.41, 5.74) is 0.416. The molecule has 5 heteroatoms. The number of benzene rings is 1. The molecule has 16 heavy (non-hydrogen) atoms. The SMILES string of the molecule is C=C(Cl)COc1c(Cl)cc(C=O)cc1OC. The van der Waals surface area contributed by atoms with Gasteiger partial charge in [-0.2, -0.15) is 0 Å². The van der Waals surface area contributed by atoms with E-state index in [1.165, 1.54) is 19.2 Å². The summed E-state index contributed by atoms with van der Waals surface area (Å²) in [6.07, 6.45) is 0.679. The summed E-state index contributed by atoms with van der Waals surface area (Å²) in [6.45, 7) is 3.61. The average molecular weight is 261 g/mol. The van der Waals surface area contributed by atoms with E-state index >= 15 is 0 Å². The molecule has 0 bridgehead atoms. The molecule has 0 spiro atoms. The first-order valence-corrected chi connectivity index (χ1v) is 5.13. The Morgan fingerprint density at radius 1 is 1.56 bits per heavy atom. The van der Waals surface area contributed by atoms with Gasteiger partial charge in [0, 0.05) is 10.6 Å². The third kappa shape index (κ3) is 3.15. The largest absolute Gasteiger partial charge is 0.493 e. The molecule has 0 heterocycles. The van der Waals surface area contributed by atoms with Crippen LogP contribution in [-0.2, 0) is 0 Å². The third-order valence-electron chi connectivity index (χ3n) is 1.76. The van der Waals surface area contributed by atoms with E-state index in [1.807, 2.05) is 0 Å². The Kier molecular flexibility index (Phi) is 4.65. The third-order valence-corrected chi connectivity index (χ3v) is 2.15. The Balaban J connectivity index is 3.06. The number of methoxy groups -OCH3 is 1. The van der Waals surface area contributed by atoms with Crippen molar-refractivity contribution < 1.29 is 14.3 Å². The highest BCUT2D eigenvalue weighted by Crippen LogP contribution is 2.36. The van der Waals surface area contributed by atoms with E-state index in [4.69, 9.17) is 32.7 Å². The van der Waals surface area contributed by atoms with Crippen LogP contribution in [-0.4, -0.2) is 20.0 Å². The fourth-order valence-electron chi connectivity index (χ4n) is 1.10. The second-order valence-electron chi connectivity index (χ2n) is 2.96. The van der Waals surface area contributed by atoms with Crippen LogP contribution in [0.1, 0.15) is 10.4 Å². The number of hydrogen-bond acceptors (Lipinski definition) is 3. The first-order valence-electron chi connectivity index (χ1n) is 4.37. The van der Waals surface area contributed by atoms with Crippen LogP contribution in [0.5, 0.6) is 11.5 Å². The molecule has 0 aliphatic carbocycles. The Morgan fingerprint density at radius 2 is 2.25 bits per heavy atom. The van der Waals surface area contributed by atoms with Gasteiger partial charge in [-0.1, -0.05) is 29.8 Å². The van der Waals surface area contributed by atoms with Crippen LogP contribution in [0.4, 0.5) is 0 Å². The first-order chi connectivity index (χ1) is 7.58. The summed E-state index contributed by atoms with van der Waals surface area (Å²) in [4.78, 5) is 10.6. The van der Waals surface area contributed by atoms with Crippen molar-refractivity contribution in [3.8, 4) is 11.5 Å². The Labute approximate surface area is 104 Å². The minimum atomic E-state index is 0.123. The molecule has 1 aromatic carbocycles. The van der Waals surface area contributed by atoms with Crippen molar-refractivity contribution in [1.82, 2.24) is 0 Å². The molecule has 3 nitrogen and oxygen atoms in total. The van der Waals surface area contributed by atoms with Crippen LogP contribution >= 0.6 is 23.2 Å². The van der Waals surface area contributed by atoms with E-state index in [0.29, 0.717) is 33.4 Å². The lowest BCUT2D eigenvalue weighted by Crippen LogP contribution is -2.00. The molecule has 0 saturated carbocycles. The predicted octanol–water partition coefficient (Wildman–Crippen LogP) is 3.29. The number of rotatable bonds is 5. The second kappa shape index (κ2) is 5.77. The van der Waals surface area contributed by atoms with Crippen molar-refractivity contribution in [2.45, 2.75) is 0 Å². The van der Waals surface area contributed by atoms with E-state index < -0.39 is 0 Å². The van der Waals surface area contributed by atoms with E-state index in [0.717, 1.165) is 0 Å². The molecule has 0 atom stereocenters. The highest BCUT2D eigenvalue weighted by molar-refractivity contribution is 6.32. The minimum absolute atomic E-state index is 0.123. The molecule has 1 rings (SSSR count). The van der Waals surface area contributed by atoms with Gasteiger partial charge in [-0.25, -0.2) is 0 Å². The van der Waals surface area contributed by atoms with Crippen molar-refractivity contribution in [2.75, 3.05) is 13.7 Å². The van der Waals surface area contributed by atoms with E-state index in [1.54, 1.807) is 0 Å². The lowest BCUT2D eigenvalue weighted by molar-refractivity contribution is 0.112. The molecular formula is C11H10Cl2O3. The summed E-state index contributed by atoms with van der Waals surface area (Å²) in [6, 6.07) is 3.02. The van der Waals surface area contributed by atoms with Crippen LogP contribution in [0.3, 0.4) is 0 Å². The topological polar surface area (TPSA) is 35.5 Å². The Bertz CT molecular complexity index is 416. The lowest BCUT2D eigenvalue weighted by Gasteiger charge is -2.12. The quantitative estimate of drug-likeness (QED) is 0.763. The lowest BCUT2D eigenvalue weighted by atomic mass is 10.2. The molecule has 0 saturated heterocycles. The number of aldehydes is 1. The zero-order valence-corrected chi connectivity index (χ0v) is 10.1. The normalized spacial score (nSPS) is 9.69. The summed E-state index contributed by atoms with van der Waals surface area (Å²) in [7, 11) is 1.46. The van der Waals surface area contributed by atoms with E-state index in [9.17, 15) is 4.79 Å². The Morgan fingerprint density at radius 3 is 2.75 bits per heavy atom. The molecule has 0 aliphatic rings. The van der Waals surface area contributed by atoms with E-state index in [-0.39, 0.29) is 6.61 Å². The van der Waals surface area contributed by atoms with Gasteiger partial charge in [-0.05, 0) is 12.1 Å². The van der Waals surface area contributed by atoms with Crippen molar-refractivity contribution in [1.29, 1.82) is 0 Å². The second-order valence-corrected chi connectivity index (χ2v) is 3.90. The molecule has 0 amide bonds. The van der Waals surface area contributed by atoms with Crippen LogP contribution in [0.25, 0.3) is 0 Å². The number of carbonyl (C=O) groups is 1. The van der Waals surface area contributed by atoms with E-state index in [2.05, 4.69) is 6.58 Å². The molecule has 1 aromatic rings. The van der Waals surface area contributed by atoms with Gasteiger partial charge in [0.05, 0.1) is 12.1 Å². The highest BCUT2D eigenvalue weighted by atomic mass is 35.5. The van der Waals surface area contributed by atoms with Crippen LogP contribution in [0.15, 0.2) is 23.7 Å². The molecule has 0 unspecified atom stereocenters. The van der Waals surface area contributed by atoms with Crippen molar-refractivity contribution in [2.24, 2.45) is 0 Å². The van der Waals surface area contributed by atoms with Gasteiger partial charge in [-0.3, -0.25) is 4.79 Å². The average Bonchev–Trinajstić information content (AvgIpc) is 2.26. The summed E-state index contributed by atoms with van der Waals surface area (Å²) < 4.78 is 10.4. The zero-order chi connectivity index (χ0) is 12.1. The molecule has 0 fully saturated rings. The maximum atomic E-state index is 10.6. The molecule has 0 aliphatic heterocycles. The van der Waals surface area contributed by atoms with Crippen molar-refractivity contribution in [3.63, 3.8) is 0 Å². The van der Waals surface area contributed by atoms with Gasteiger partial charge < -0.3 is 9.47 Å². The smallest absolute Gasteiger partial charge is 0.180 e. The van der Waals surface area contributed by atoms with Gasteiger partial charge in [0.2, 0.25) is 0 Å². The summed E-state index contributed by atoms with van der Waals surface area (Å²) in [5, 5.41) is 0.636. The maximum Gasteiger partial charge on any atom is 0.180 e. The fraction of sp³-hybridized carbons (Fsp3) is 0.182. The van der Waals surface area contributed by atoms with Gasteiger partial charge in [0.1, 0.15) is 12.9 Å². The maximum absolute atomic E-state index is 10.6. The van der Waals surface area contributed by atoms with Gasteiger partial charge in [0.15, 0.2) is 11.5 Å². The molecule has 0 aromatic heterocycles. The number of hydrogen-bond donors (Lipinski definition) is 0.